The Morgan fingerprint density at radius 1 is 1.25 bits per heavy atom. The van der Waals surface area contributed by atoms with E-state index in [0.717, 1.165) is 43.9 Å². The first-order valence-corrected chi connectivity index (χ1v) is 5.87. The first-order chi connectivity index (χ1) is 7.71. The average Bonchev–Trinajstić information content (AvgIpc) is 2.58. The maximum atomic E-state index is 6.21. The van der Waals surface area contributed by atoms with Gasteiger partial charge in [-0.2, -0.15) is 4.98 Å². The molecule has 0 aliphatic carbocycles. The van der Waals surface area contributed by atoms with Crippen LogP contribution in [0.3, 0.4) is 0 Å². The second-order valence-corrected chi connectivity index (χ2v) is 4.84. The average molecular weight is 240 g/mol. The van der Waals surface area contributed by atoms with E-state index in [1.165, 1.54) is 0 Å². The normalized spacial score (nSPS) is 21.8. The van der Waals surface area contributed by atoms with Crippen LogP contribution in [-0.2, 0) is 5.41 Å². The fraction of sp³-hybridized carbons (Fsp3) is 0.600. The summed E-state index contributed by atoms with van der Waals surface area (Å²) in [7, 11) is 0. The molecule has 0 amide bonds. The second kappa shape index (κ2) is 3.46. The minimum atomic E-state index is 0.103. The predicted octanol–water partition coefficient (Wildman–Crippen LogP) is 0.759. The Balaban J connectivity index is 2.10. The quantitative estimate of drug-likeness (QED) is 0.583. The van der Waals surface area contributed by atoms with E-state index in [1.807, 2.05) is 0 Å². The molecule has 3 rings (SSSR count). The smallest absolute Gasteiger partial charge is 0.223 e. The molecule has 5 nitrogen and oxygen atoms in total. The van der Waals surface area contributed by atoms with Gasteiger partial charge in [0.05, 0.1) is 0 Å². The Labute approximate surface area is 98.8 Å². The summed E-state index contributed by atoms with van der Waals surface area (Å²) < 4.78 is 0. The third-order valence-electron chi connectivity index (χ3n) is 3.57. The van der Waals surface area contributed by atoms with E-state index >= 15 is 0 Å². The highest BCUT2D eigenvalue weighted by Gasteiger charge is 2.42. The lowest BCUT2D eigenvalue weighted by atomic mass is 9.76. The molecule has 1 saturated heterocycles. The summed E-state index contributed by atoms with van der Waals surface area (Å²) in [5, 5.41) is 7.17. The molecule has 6 heteroatoms. The lowest BCUT2D eigenvalue weighted by molar-refractivity contribution is 0.334. The first kappa shape index (κ1) is 10.1. The second-order valence-electron chi connectivity index (χ2n) is 4.48. The summed E-state index contributed by atoms with van der Waals surface area (Å²) in [6.07, 6.45) is 2.14. The van der Waals surface area contributed by atoms with Crippen LogP contribution in [0.5, 0.6) is 0 Å². The van der Waals surface area contributed by atoms with Crippen LogP contribution in [0.15, 0.2) is 0 Å². The van der Waals surface area contributed by atoms with Gasteiger partial charge in [-0.05, 0) is 25.9 Å². The van der Waals surface area contributed by atoms with E-state index in [9.17, 15) is 0 Å². The molecule has 1 fully saturated rings. The fourth-order valence-electron chi connectivity index (χ4n) is 2.72. The molecule has 2 aliphatic rings. The van der Waals surface area contributed by atoms with E-state index in [0.29, 0.717) is 5.15 Å². The van der Waals surface area contributed by atoms with Gasteiger partial charge in [0.25, 0.3) is 0 Å². The number of anilines is 2. The molecule has 86 valence electrons. The van der Waals surface area contributed by atoms with Crippen LogP contribution >= 0.6 is 11.6 Å². The molecule has 3 heterocycles. The Hall–Kier alpha value is -1.07. The highest BCUT2D eigenvalue weighted by atomic mass is 35.5. The fourth-order valence-corrected chi connectivity index (χ4v) is 3.10. The lowest BCUT2D eigenvalue weighted by Gasteiger charge is -2.33. The number of hydrogen-bond acceptors (Lipinski definition) is 5. The van der Waals surface area contributed by atoms with Crippen molar-refractivity contribution in [2.75, 3.05) is 30.7 Å². The summed E-state index contributed by atoms with van der Waals surface area (Å²) >= 11 is 6.21. The van der Waals surface area contributed by atoms with Crippen molar-refractivity contribution in [3.63, 3.8) is 0 Å². The Morgan fingerprint density at radius 3 is 2.75 bits per heavy atom. The van der Waals surface area contributed by atoms with Gasteiger partial charge in [-0.25, -0.2) is 4.98 Å². The molecule has 1 aromatic heterocycles. The molecule has 4 N–H and O–H groups in total. The third-order valence-corrected chi connectivity index (χ3v) is 3.84. The first-order valence-electron chi connectivity index (χ1n) is 5.49. The van der Waals surface area contributed by atoms with Crippen molar-refractivity contribution in [1.82, 2.24) is 15.3 Å². The zero-order chi connectivity index (χ0) is 11.2. The summed E-state index contributed by atoms with van der Waals surface area (Å²) in [6.45, 7) is 2.92. The van der Waals surface area contributed by atoms with Crippen molar-refractivity contribution >= 4 is 23.4 Å². The molecule has 0 radical (unpaired) electrons. The number of piperidine rings is 1. The van der Waals surface area contributed by atoms with E-state index < -0.39 is 0 Å². The van der Waals surface area contributed by atoms with Crippen LogP contribution in [0.1, 0.15) is 18.4 Å². The Bertz CT molecular complexity index is 427. The van der Waals surface area contributed by atoms with Crippen LogP contribution in [-0.4, -0.2) is 29.6 Å². The summed E-state index contributed by atoms with van der Waals surface area (Å²) in [5.74, 6) is 1.06. The van der Waals surface area contributed by atoms with E-state index in [2.05, 4.69) is 20.6 Å². The maximum Gasteiger partial charge on any atom is 0.223 e. The molecule has 1 aromatic rings. The molecule has 0 saturated carbocycles. The van der Waals surface area contributed by atoms with Gasteiger partial charge in [-0.15, -0.1) is 0 Å². The highest BCUT2D eigenvalue weighted by Crippen LogP contribution is 2.44. The SMILES string of the molecule is Nc1nc(Cl)c2c(n1)NCC21CCNCC1. The molecule has 16 heavy (non-hydrogen) atoms. The number of aromatic nitrogens is 2. The van der Waals surface area contributed by atoms with E-state index in [1.54, 1.807) is 0 Å². The van der Waals surface area contributed by atoms with Crippen molar-refractivity contribution in [3.8, 4) is 0 Å². The van der Waals surface area contributed by atoms with E-state index in [4.69, 9.17) is 17.3 Å². The number of nitrogens with two attached hydrogens (primary N) is 1. The van der Waals surface area contributed by atoms with Crippen molar-refractivity contribution < 1.29 is 0 Å². The summed E-state index contributed by atoms with van der Waals surface area (Å²) in [4.78, 5) is 8.28. The molecular formula is C10H14ClN5. The van der Waals surface area contributed by atoms with Crippen LogP contribution in [0.25, 0.3) is 0 Å². The zero-order valence-corrected chi connectivity index (χ0v) is 9.64. The summed E-state index contributed by atoms with van der Waals surface area (Å²) in [6, 6.07) is 0. The topological polar surface area (TPSA) is 75.9 Å². The largest absolute Gasteiger partial charge is 0.369 e. The van der Waals surface area contributed by atoms with E-state index in [-0.39, 0.29) is 11.4 Å². The van der Waals surface area contributed by atoms with Crippen molar-refractivity contribution in [2.24, 2.45) is 0 Å². The van der Waals surface area contributed by atoms with Crippen LogP contribution in [0.4, 0.5) is 11.8 Å². The van der Waals surface area contributed by atoms with Crippen LogP contribution in [0.2, 0.25) is 5.15 Å². The number of rotatable bonds is 0. The Morgan fingerprint density at radius 2 is 2.00 bits per heavy atom. The molecule has 0 atom stereocenters. The number of nitrogen functional groups attached to an aromatic ring is 1. The van der Waals surface area contributed by atoms with Crippen LogP contribution < -0.4 is 16.4 Å². The minimum Gasteiger partial charge on any atom is -0.369 e. The molecular weight excluding hydrogens is 226 g/mol. The number of nitrogens with one attached hydrogen (secondary N) is 2. The number of nitrogens with zero attached hydrogens (tertiary/aromatic N) is 2. The number of halogens is 1. The maximum absolute atomic E-state index is 6.21. The van der Waals surface area contributed by atoms with Gasteiger partial charge in [0.15, 0.2) is 0 Å². The Kier molecular flexibility index (Phi) is 2.19. The summed E-state index contributed by atoms with van der Waals surface area (Å²) in [5.41, 5.74) is 6.75. The van der Waals surface area contributed by atoms with Crippen molar-refractivity contribution in [3.05, 3.63) is 10.7 Å². The number of hydrogen-bond donors (Lipinski definition) is 3. The van der Waals surface area contributed by atoms with Crippen molar-refractivity contribution in [1.29, 1.82) is 0 Å². The van der Waals surface area contributed by atoms with Gasteiger partial charge in [-0.1, -0.05) is 11.6 Å². The van der Waals surface area contributed by atoms with Gasteiger partial charge in [0.1, 0.15) is 11.0 Å². The van der Waals surface area contributed by atoms with Crippen molar-refractivity contribution in [2.45, 2.75) is 18.3 Å². The molecule has 1 spiro atoms. The lowest BCUT2D eigenvalue weighted by Crippen LogP contribution is -2.41. The molecule has 2 aliphatic heterocycles. The highest BCUT2D eigenvalue weighted by molar-refractivity contribution is 6.30. The molecule has 0 unspecified atom stereocenters. The van der Waals surface area contributed by atoms with Gasteiger partial charge in [0.2, 0.25) is 5.95 Å². The van der Waals surface area contributed by atoms with Gasteiger partial charge < -0.3 is 16.4 Å². The zero-order valence-electron chi connectivity index (χ0n) is 8.89. The third kappa shape index (κ3) is 1.35. The predicted molar refractivity (Wildman–Crippen MR) is 63.7 cm³/mol. The molecule has 0 bridgehead atoms. The molecule has 0 aromatic carbocycles. The van der Waals surface area contributed by atoms with Gasteiger partial charge in [0, 0.05) is 17.5 Å². The monoisotopic (exact) mass is 239 g/mol. The minimum absolute atomic E-state index is 0.103. The van der Waals surface area contributed by atoms with Crippen LogP contribution in [0, 0.1) is 0 Å². The van der Waals surface area contributed by atoms with Gasteiger partial charge >= 0.3 is 0 Å². The number of fused-ring (bicyclic) bond motifs is 2. The van der Waals surface area contributed by atoms with Gasteiger partial charge in [-0.3, -0.25) is 0 Å². The standard InChI is InChI=1S/C10H14ClN5/c11-7-6-8(16-9(12)15-7)14-5-10(6)1-3-13-4-2-10/h13H,1-5H2,(H3,12,14,15,16).